The second-order valence-corrected chi connectivity index (χ2v) is 9.15. The fourth-order valence-electron chi connectivity index (χ4n) is 5.05. The van der Waals surface area contributed by atoms with Gasteiger partial charge >= 0.3 is 0 Å². The van der Waals surface area contributed by atoms with Crippen LogP contribution in [0.3, 0.4) is 0 Å². The number of aromatic nitrogens is 2. The van der Waals surface area contributed by atoms with Gasteiger partial charge in [-0.1, -0.05) is 18.9 Å². The Morgan fingerprint density at radius 1 is 1.23 bits per heavy atom. The third-order valence-electron chi connectivity index (χ3n) is 6.85. The van der Waals surface area contributed by atoms with Crippen molar-refractivity contribution in [3.8, 4) is 5.88 Å². The molecule has 1 aliphatic carbocycles. The summed E-state index contributed by atoms with van der Waals surface area (Å²) in [6.07, 6.45) is 4.18. The van der Waals surface area contributed by atoms with Gasteiger partial charge < -0.3 is 19.9 Å². The zero-order valence-electron chi connectivity index (χ0n) is 18.8. The Labute approximate surface area is 199 Å². The van der Waals surface area contributed by atoms with Crippen LogP contribution in [0.1, 0.15) is 40.9 Å². The van der Waals surface area contributed by atoms with Crippen LogP contribution >= 0.6 is 0 Å². The quantitative estimate of drug-likeness (QED) is 0.538. The van der Waals surface area contributed by atoms with Gasteiger partial charge in [0.15, 0.2) is 5.78 Å². The number of ketones is 1. The van der Waals surface area contributed by atoms with E-state index in [-0.39, 0.29) is 42.3 Å². The van der Waals surface area contributed by atoms with E-state index < -0.39 is 42.7 Å². The average molecular weight is 490 g/mol. The first kappa shape index (κ1) is 23.5. The van der Waals surface area contributed by atoms with Crippen LogP contribution in [0.4, 0.5) is 13.2 Å². The lowest BCUT2D eigenvalue weighted by atomic mass is 9.72. The third kappa shape index (κ3) is 4.56. The minimum absolute atomic E-state index is 0.00984. The normalized spacial score (nSPS) is 27.6. The van der Waals surface area contributed by atoms with Crippen molar-refractivity contribution in [1.29, 1.82) is 0 Å². The van der Waals surface area contributed by atoms with Gasteiger partial charge in [-0.3, -0.25) is 4.79 Å². The smallest absolute Gasteiger partial charge is 0.283 e. The fraction of sp³-hybridized carbons (Fsp3) is 0.500. The second kappa shape index (κ2) is 9.44. The Bertz CT molecular complexity index is 1130. The predicted molar refractivity (Wildman–Crippen MR) is 118 cm³/mol. The van der Waals surface area contributed by atoms with Gasteiger partial charge in [0.2, 0.25) is 12.7 Å². The number of alkyl halides is 2. The van der Waals surface area contributed by atoms with E-state index in [4.69, 9.17) is 15.2 Å². The van der Waals surface area contributed by atoms with Crippen LogP contribution in [0.5, 0.6) is 5.88 Å². The lowest BCUT2D eigenvalue weighted by Crippen LogP contribution is -2.52. The highest BCUT2D eigenvalue weighted by atomic mass is 19.1. The van der Waals surface area contributed by atoms with Crippen molar-refractivity contribution >= 4 is 11.8 Å². The van der Waals surface area contributed by atoms with Crippen LogP contribution in [0.15, 0.2) is 35.6 Å². The van der Waals surface area contributed by atoms with Crippen molar-refractivity contribution in [2.75, 3.05) is 20.1 Å². The molecular formula is C24H25F3N4O4. The van der Waals surface area contributed by atoms with Crippen LogP contribution < -0.4 is 10.5 Å². The summed E-state index contributed by atoms with van der Waals surface area (Å²) in [6, 6.07) is 3.88. The standard InChI is InChI=1S/C24H25F3N4O4/c25-11-24(22-19(7-13-1-2-13)33-10-20(22)35-23(28)31-24)15-5-14(3-4-16(15)27)6-18(32)17-8-30-21(9-29-17)34-12-26/h3-5,8-9,13,19-20,22H,1-2,6-7,10-12H2,(H2,28,31)/t19-,20+,22-,24+/m0/s1. The first-order valence-corrected chi connectivity index (χ1v) is 11.5. The number of halogens is 3. The van der Waals surface area contributed by atoms with E-state index in [1.807, 2.05) is 0 Å². The Hall–Kier alpha value is -3.21. The van der Waals surface area contributed by atoms with E-state index in [1.165, 1.54) is 24.4 Å². The van der Waals surface area contributed by atoms with Crippen LogP contribution in [0, 0.1) is 17.7 Å². The highest BCUT2D eigenvalue weighted by Crippen LogP contribution is 2.50. The van der Waals surface area contributed by atoms with Crippen molar-refractivity contribution in [2.24, 2.45) is 22.6 Å². The molecule has 3 heterocycles. The van der Waals surface area contributed by atoms with Crippen LogP contribution in [0.25, 0.3) is 0 Å². The minimum atomic E-state index is -1.63. The largest absolute Gasteiger partial charge is 0.459 e. The molecule has 2 fully saturated rings. The molecule has 186 valence electrons. The average Bonchev–Trinajstić information content (AvgIpc) is 3.58. The number of Topliss-reactive ketones (excluding diaryl/α,β-unsaturated/α-hetero) is 1. The molecule has 0 radical (unpaired) electrons. The number of hydrogen-bond acceptors (Lipinski definition) is 8. The molecule has 3 aliphatic rings. The number of rotatable bonds is 9. The summed E-state index contributed by atoms with van der Waals surface area (Å²) in [4.78, 5) is 24.8. The van der Waals surface area contributed by atoms with Gasteiger partial charge in [-0.15, -0.1) is 0 Å². The third-order valence-corrected chi connectivity index (χ3v) is 6.85. The summed E-state index contributed by atoms with van der Waals surface area (Å²) in [5, 5.41) is 0. The van der Waals surface area contributed by atoms with Crippen molar-refractivity contribution in [2.45, 2.75) is 43.4 Å². The molecule has 11 heteroatoms. The molecule has 0 amide bonds. The van der Waals surface area contributed by atoms with Gasteiger partial charge in [0.1, 0.15) is 29.8 Å². The van der Waals surface area contributed by atoms with Crippen LogP contribution in [-0.2, 0) is 21.4 Å². The molecule has 2 N–H and O–H groups in total. The number of carbonyl (C=O) groups is 1. The maximum absolute atomic E-state index is 15.2. The van der Waals surface area contributed by atoms with Crippen molar-refractivity contribution in [3.63, 3.8) is 0 Å². The van der Waals surface area contributed by atoms with Gasteiger partial charge in [-0.25, -0.2) is 28.1 Å². The summed E-state index contributed by atoms with van der Waals surface area (Å²) < 4.78 is 58.6. The molecule has 8 nitrogen and oxygen atoms in total. The number of aliphatic imine (C=N–C) groups is 1. The molecule has 5 rings (SSSR count). The summed E-state index contributed by atoms with van der Waals surface area (Å²) in [7, 11) is 0. The van der Waals surface area contributed by atoms with Crippen LogP contribution in [0.2, 0.25) is 0 Å². The Balaban J connectivity index is 1.46. The molecule has 0 spiro atoms. The number of ether oxygens (including phenoxy) is 3. The number of carbonyl (C=O) groups excluding carboxylic acids is 1. The molecule has 0 bridgehead atoms. The zero-order chi connectivity index (χ0) is 24.6. The number of fused-ring (bicyclic) bond motifs is 1. The van der Waals surface area contributed by atoms with Crippen molar-refractivity contribution in [1.82, 2.24) is 9.97 Å². The van der Waals surface area contributed by atoms with E-state index in [0.717, 1.165) is 25.5 Å². The summed E-state index contributed by atoms with van der Waals surface area (Å²) >= 11 is 0. The molecule has 2 aromatic rings. The highest BCUT2D eigenvalue weighted by molar-refractivity contribution is 5.95. The molecule has 1 aromatic heterocycles. The number of nitrogens with zero attached hydrogens (tertiary/aromatic N) is 3. The molecule has 1 aromatic carbocycles. The van der Waals surface area contributed by atoms with Crippen molar-refractivity contribution in [3.05, 3.63) is 53.2 Å². The molecule has 1 saturated carbocycles. The molecule has 0 unspecified atom stereocenters. The maximum atomic E-state index is 15.2. The van der Waals surface area contributed by atoms with Crippen molar-refractivity contribution < 1.29 is 32.2 Å². The minimum Gasteiger partial charge on any atom is -0.459 e. The first-order valence-electron chi connectivity index (χ1n) is 11.5. The number of hydrogen-bond donors (Lipinski definition) is 1. The molecule has 1 saturated heterocycles. The number of benzene rings is 1. The SMILES string of the molecule is NC1=N[C@](CF)(c2cc(CC(=O)c3cnc(OCF)cn3)ccc2F)[C@H]2[C@H](CC3CC3)OC[C@H]2O1. The number of amidine groups is 1. The van der Waals surface area contributed by atoms with E-state index in [9.17, 15) is 13.6 Å². The zero-order valence-corrected chi connectivity index (χ0v) is 18.8. The predicted octanol–water partition coefficient (Wildman–Crippen LogP) is 3.04. The summed E-state index contributed by atoms with van der Waals surface area (Å²) in [6.45, 7) is -1.84. The maximum Gasteiger partial charge on any atom is 0.283 e. The lowest BCUT2D eigenvalue weighted by Gasteiger charge is -2.42. The first-order chi connectivity index (χ1) is 16.9. The summed E-state index contributed by atoms with van der Waals surface area (Å²) in [5.41, 5.74) is 4.76. The van der Waals surface area contributed by atoms with Gasteiger partial charge in [-0.2, -0.15) is 0 Å². The Kier molecular flexibility index (Phi) is 6.35. The van der Waals surface area contributed by atoms with Gasteiger partial charge in [0.25, 0.3) is 6.02 Å². The van der Waals surface area contributed by atoms with E-state index in [2.05, 4.69) is 19.7 Å². The molecule has 35 heavy (non-hydrogen) atoms. The monoisotopic (exact) mass is 490 g/mol. The van der Waals surface area contributed by atoms with Gasteiger partial charge in [0, 0.05) is 12.0 Å². The summed E-state index contributed by atoms with van der Waals surface area (Å²) in [5.74, 6) is -1.17. The topological polar surface area (TPSA) is 109 Å². The van der Waals surface area contributed by atoms with Gasteiger partial charge in [-0.05, 0) is 30.0 Å². The van der Waals surface area contributed by atoms with E-state index in [0.29, 0.717) is 11.5 Å². The highest BCUT2D eigenvalue weighted by Gasteiger charge is 2.58. The molecule has 4 atom stereocenters. The lowest BCUT2D eigenvalue weighted by molar-refractivity contribution is 0.0290. The van der Waals surface area contributed by atoms with E-state index in [1.54, 1.807) is 0 Å². The van der Waals surface area contributed by atoms with Crippen LogP contribution in [-0.4, -0.2) is 54.1 Å². The molecule has 2 aliphatic heterocycles. The molecular weight excluding hydrogens is 465 g/mol. The Morgan fingerprint density at radius 3 is 2.74 bits per heavy atom. The second-order valence-electron chi connectivity index (χ2n) is 9.15. The fourth-order valence-corrected chi connectivity index (χ4v) is 5.05. The van der Waals surface area contributed by atoms with E-state index >= 15 is 4.39 Å². The Morgan fingerprint density at radius 2 is 2.06 bits per heavy atom. The van der Waals surface area contributed by atoms with Gasteiger partial charge in [0.05, 0.1) is 31.0 Å². The number of nitrogens with two attached hydrogens (primary N) is 1.